The summed E-state index contributed by atoms with van der Waals surface area (Å²) >= 11 is 0. The Balaban J connectivity index is 1.99. The Morgan fingerprint density at radius 1 is 1.08 bits per heavy atom. The van der Waals surface area contributed by atoms with E-state index in [1.807, 2.05) is 13.0 Å². The third-order valence-corrected chi connectivity index (χ3v) is 5.05. The maximum atomic E-state index is 6.16. The van der Waals surface area contributed by atoms with E-state index in [4.69, 9.17) is 10.5 Å². The molecule has 1 atom stereocenters. The maximum absolute atomic E-state index is 6.16. The summed E-state index contributed by atoms with van der Waals surface area (Å²) in [5.41, 5.74) is 11.5. The number of ether oxygens (including phenoxy) is 1. The van der Waals surface area contributed by atoms with E-state index in [-0.39, 0.29) is 5.92 Å². The van der Waals surface area contributed by atoms with Crippen molar-refractivity contribution in [1.82, 2.24) is 4.57 Å². The minimum Gasteiger partial charge on any atom is -0.494 e. The molecule has 1 heterocycles. The number of para-hydroxylation sites is 1. The molecule has 0 bridgehead atoms. The molecular formula is C22H28N2O. The minimum absolute atomic E-state index is 0.287. The number of rotatable bonds is 7. The lowest BCUT2D eigenvalue weighted by atomic mass is 9.90. The van der Waals surface area contributed by atoms with E-state index < -0.39 is 0 Å². The van der Waals surface area contributed by atoms with Crippen LogP contribution in [0.3, 0.4) is 0 Å². The smallest absolute Gasteiger partial charge is 0.119 e. The number of nitrogens with zero attached hydrogens (tertiary/aromatic N) is 1. The summed E-state index contributed by atoms with van der Waals surface area (Å²) < 4.78 is 8.06. The molecule has 0 amide bonds. The monoisotopic (exact) mass is 336 g/mol. The Morgan fingerprint density at radius 2 is 1.88 bits per heavy atom. The average Bonchev–Trinajstić information content (AvgIpc) is 2.91. The molecule has 0 saturated heterocycles. The highest BCUT2D eigenvalue weighted by atomic mass is 16.5. The molecule has 0 fully saturated rings. The first-order chi connectivity index (χ1) is 12.2. The second-order valence-electron chi connectivity index (χ2n) is 6.47. The van der Waals surface area contributed by atoms with Crippen molar-refractivity contribution in [2.24, 2.45) is 5.73 Å². The van der Waals surface area contributed by atoms with Crippen molar-refractivity contribution in [2.75, 3.05) is 13.2 Å². The predicted molar refractivity (Wildman–Crippen MR) is 105 cm³/mol. The summed E-state index contributed by atoms with van der Waals surface area (Å²) in [6.07, 6.45) is 0.950. The van der Waals surface area contributed by atoms with E-state index in [0.717, 1.165) is 18.7 Å². The summed E-state index contributed by atoms with van der Waals surface area (Å²) in [4.78, 5) is 0. The predicted octanol–water partition coefficient (Wildman–Crippen LogP) is 4.65. The normalized spacial score (nSPS) is 12.5. The molecule has 0 radical (unpaired) electrons. The molecule has 3 aromatic rings. The van der Waals surface area contributed by atoms with Crippen LogP contribution in [-0.4, -0.2) is 17.7 Å². The Bertz CT molecular complexity index is 850. The van der Waals surface area contributed by atoms with Crippen LogP contribution in [0.1, 0.15) is 36.6 Å². The van der Waals surface area contributed by atoms with E-state index >= 15 is 0 Å². The van der Waals surface area contributed by atoms with Crippen LogP contribution < -0.4 is 10.5 Å². The van der Waals surface area contributed by atoms with Gasteiger partial charge in [0.2, 0.25) is 0 Å². The van der Waals surface area contributed by atoms with Gasteiger partial charge in [0.05, 0.1) is 6.61 Å². The highest BCUT2D eigenvalue weighted by Crippen LogP contribution is 2.31. The van der Waals surface area contributed by atoms with Crippen molar-refractivity contribution in [2.45, 2.75) is 39.7 Å². The van der Waals surface area contributed by atoms with Gasteiger partial charge in [-0.2, -0.15) is 0 Å². The van der Waals surface area contributed by atoms with Gasteiger partial charge in [0.1, 0.15) is 5.75 Å². The van der Waals surface area contributed by atoms with Gasteiger partial charge >= 0.3 is 0 Å². The number of hydrogen-bond acceptors (Lipinski definition) is 2. The van der Waals surface area contributed by atoms with Crippen molar-refractivity contribution in [1.29, 1.82) is 0 Å². The number of fused-ring (bicyclic) bond motifs is 1. The van der Waals surface area contributed by atoms with Gasteiger partial charge in [0.15, 0.2) is 0 Å². The molecule has 3 nitrogen and oxygen atoms in total. The largest absolute Gasteiger partial charge is 0.494 e. The molecule has 0 saturated carbocycles. The van der Waals surface area contributed by atoms with Gasteiger partial charge in [0, 0.05) is 29.1 Å². The molecular weight excluding hydrogens is 308 g/mol. The molecule has 1 unspecified atom stereocenters. The topological polar surface area (TPSA) is 40.2 Å². The fourth-order valence-electron chi connectivity index (χ4n) is 3.78. The lowest BCUT2D eigenvalue weighted by Gasteiger charge is -2.17. The first-order valence-corrected chi connectivity index (χ1v) is 9.19. The zero-order valence-corrected chi connectivity index (χ0v) is 15.5. The molecule has 132 valence electrons. The van der Waals surface area contributed by atoms with Crippen LogP contribution in [0.15, 0.2) is 48.5 Å². The van der Waals surface area contributed by atoms with Crippen LogP contribution in [0, 0.1) is 6.92 Å². The SMILES string of the molecule is CCOc1cccc(C(CN)Cc2c(C)n(CC)c3ccccc23)c1. The summed E-state index contributed by atoms with van der Waals surface area (Å²) in [6, 6.07) is 17.0. The average molecular weight is 336 g/mol. The van der Waals surface area contributed by atoms with Crippen molar-refractivity contribution in [3.63, 3.8) is 0 Å². The maximum Gasteiger partial charge on any atom is 0.119 e. The van der Waals surface area contributed by atoms with Crippen molar-refractivity contribution < 1.29 is 4.74 Å². The number of nitrogens with two attached hydrogens (primary N) is 1. The third kappa shape index (κ3) is 3.42. The third-order valence-electron chi connectivity index (χ3n) is 5.05. The summed E-state index contributed by atoms with van der Waals surface area (Å²) in [5, 5.41) is 1.35. The Kier molecular flexibility index (Phi) is 5.44. The van der Waals surface area contributed by atoms with Gasteiger partial charge in [-0.3, -0.25) is 0 Å². The van der Waals surface area contributed by atoms with Crippen LogP contribution >= 0.6 is 0 Å². The molecule has 0 spiro atoms. The Morgan fingerprint density at radius 3 is 2.60 bits per heavy atom. The Hall–Kier alpha value is -2.26. The zero-order valence-electron chi connectivity index (χ0n) is 15.5. The van der Waals surface area contributed by atoms with Gasteiger partial charge in [0.25, 0.3) is 0 Å². The molecule has 2 N–H and O–H groups in total. The van der Waals surface area contributed by atoms with Gasteiger partial charge in [-0.1, -0.05) is 30.3 Å². The van der Waals surface area contributed by atoms with Crippen LogP contribution in [0.5, 0.6) is 5.75 Å². The molecule has 2 aromatic carbocycles. The fraction of sp³-hybridized carbons (Fsp3) is 0.364. The highest BCUT2D eigenvalue weighted by molar-refractivity contribution is 5.85. The molecule has 25 heavy (non-hydrogen) atoms. The zero-order chi connectivity index (χ0) is 17.8. The summed E-state index contributed by atoms with van der Waals surface area (Å²) in [7, 11) is 0. The molecule has 3 heteroatoms. The standard InChI is InChI=1S/C22H28N2O/c1-4-24-16(3)21(20-11-6-7-12-22(20)24)14-18(15-23)17-9-8-10-19(13-17)25-5-2/h6-13,18H,4-5,14-15,23H2,1-3H3. The van der Waals surface area contributed by atoms with Crippen molar-refractivity contribution >= 4 is 10.9 Å². The molecule has 3 rings (SSSR count). The van der Waals surface area contributed by atoms with Crippen LogP contribution in [0.2, 0.25) is 0 Å². The summed E-state index contributed by atoms with van der Waals surface area (Å²) in [6.45, 7) is 8.73. The van der Waals surface area contributed by atoms with Crippen LogP contribution in [-0.2, 0) is 13.0 Å². The van der Waals surface area contributed by atoms with E-state index in [0.29, 0.717) is 13.2 Å². The molecule has 0 aliphatic carbocycles. The Labute approximate surface area is 150 Å². The lowest BCUT2D eigenvalue weighted by Crippen LogP contribution is -2.15. The second-order valence-corrected chi connectivity index (χ2v) is 6.47. The van der Waals surface area contributed by atoms with E-state index in [1.54, 1.807) is 0 Å². The van der Waals surface area contributed by atoms with Crippen molar-refractivity contribution in [3.8, 4) is 5.75 Å². The molecule has 1 aromatic heterocycles. The van der Waals surface area contributed by atoms with E-state index in [2.05, 4.69) is 60.9 Å². The minimum atomic E-state index is 0.287. The van der Waals surface area contributed by atoms with E-state index in [1.165, 1.54) is 27.7 Å². The first kappa shape index (κ1) is 17.6. The second kappa shape index (κ2) is 7.75. The molecule has 0 aliphatic heterocycles. The fourth-order valence-corrected chi connectivity index (χ4v) is 3.78. The quantitative estimate of drug-likeness (QED) is 0.682. The van der Waals surface area contributed by atoms with Gasteiger partial charge in [-0.05, 0) is 63.1 Å². The van der Waals surface area contributed by atoms with Gasteiger partial charge in [-0.25, -0.2) is 0 Å². The highest BCUT2D eigenvalue weighted by Gasteiger charge is 2.18. The van der Waals surface area contributed by atoms with Gasteiger partial charge < -0.3 is 15.0 Å². The molecule has 0 aliphatic rings. The number of aryl methyl sites for hydroxylation is 1. The van der Waals surface area contributed by atoms with Crippen LogP contribution in [0.25, 0.3) is 10.9 Å². The van der Waals surface area contributed by atoms with Gasteiger partial charge in [-0.15, -0.1) is 0 Å². The first-order valence-electron chi connectivity index (χ1n) is 9.19. The van der Waals surface area contributed by atoms with Crippen molar-refractivity contribution in [3.05, 3.63) is 65.4 Å². The lowest BCUT2D eigenvalue weighted by molar-refractivity contribution is 0.339. The van der Waals surface area contributed by atoms with Crippen LogP contribution in [0.4, 0.5) is 0 Å². The number of benzene rings is 2. The number of hydrogen-bond donors (Lipinski definition) is 1. The summed E-state index contributed by atoms with van der Waals surface area (Å²) in [5.74, 6) is 1.21. The van der Waals surface area contributed by atoms with E-state index in [9.17, 15) is 0 Å². The number of aromatic nitrogens is 1.